The number of Topliss-reactive ketones (excluding diaryl/α,β-unsaturated/α-hetero) is 1. The topological polar surface area (TPSA) is 56.3 Å². The summed E-state index contributed by atoms with van der Waals surface area (Å²) >= 11 is 11.1. The predicted octanol–water partition coefficient (Wildman–Crippen LogP) is 3.22. The zero-order chi connectivity index (χ0) is 14.6. The Hall–Kier alpha value is -1.46. The number of hydrogen-bond acceptors (Lipinski definition) is 4. The molecule has 1 heterocycles. The minimum Gasteiger partial charge on any atom is -0.462 e. The van der Waals surface area contributed by atoms with Gasteiger partial charge in [-0.05, 0) is 19.9 Å². The van der Waals surface area contributed by atoms with Crippen LogP contribution in [0, 0.1) is 5.82 Å². The molecule has 1 aromatic heterocycles. The summed E-state index contributed by atoms with van der Waals surface area (Å²) in [7, 11) is 0. The van der Waals surface area contributed by atoms with E-state index in [1.54, 1.807) is 6.92 Å². The molecule has 0 N–H and O–H groups in total. The zero-order valence-corrected chi connectivity index (χ0v) is 11.7. The van der Waals surface area contributed by atoms with Crippen LogP contribution in [-0.2, 0) is 9.53 Å². The highest BCUT2D eigenvalue weighted by atomic mass is 35.5. The van der Waals surface area contributed by atoms with Gasteiger partial charge in [-0.15, -0.1) is 0 Å². The Bertz CT molecular complexity index is 558. The van der Waals surface area contributed by atoms with E-state index < -0.39 is 22.7 Å². The van der Waals surface area contributed by atoms with E-state index in [4.69, 9.17) is 27.9 Å². The number of carbonyl (C=O) groups excluding carboxylic acids is 2. The number of ether oxygens (including phenoxy) is 1. The molecule has 0 spiro atoms. The second-order valence-corrected chi connectivity index (χ2v) is 4.07. The Kier molecular flexibility index (Phi) is 5.44. The highest BCUT2D eigenvalue weighted by Crippen LogP contribution is 2.23. The number of nitrogens with zero attached hydrogens (tertiary/aromatic N) is 1. The standard InChI is InChI=1S/C12H10Cl2FNO3/c1-3-6(12(18)19-4-2)9(17)7-5-8(15)11(14)16-10(7)13/h3,5H,4H2,1-2H3/b6-3-. The van der Waals surface area contributed by atoms with Gasteiger partial charge in [-0.2, -0.15) is 0 Å². The molecule has 1 aromatic rings. The molecule has 102 valence electrons. The largest absolute Gasteiger partial charge is 0.462 e. The number of pyridine rings is 1. The highest BCUT2D eigenvalue weighted by molar-refractivity contribution is 6.37. The van der Waals surface area contributed by atoms with Gasteiger partial charge in [-0.3, -0.25) is 4.79 Å². The third kappa shape index (κ3) is 3.52. The fourth-order valence-corrected chi connectivity index (χ4v) is 1.71. The van der Waals surface area contributed by atoms with Gasteiger partial charge in [0.25, 0.3) is 0 Å². The summed E-state index contributed by atoms with van der Waals surface area (Å²) in [5.41, 5.74) is -0.489. The molecule has 4 nitrogen and oxygen atoms in total. The lowest BCUT2D eigenvalue weighted by Gasteiger charge is -2.07. The van der Waals surface area contributed by atoms with E-state index in [1.165, 1.54) is 13.0 Å². The van der Waals surface area contributed by atoms with Crippen molar-refractivity contribution in [3.05, 3.63) is 39.4 Å². The minimum atomic E-state index is -0.895. The Morgan fingerprint density at radius 2 is 2.05 bits per heavy atom. The molecule has 0 fully saturated rings. The molecule has 7 heteroatoms. The van der Waals surface area contributed by atoms with Crippen molar-refractivity contribution in [3.8, 4) is 0 Å². The summed E-state index contributed by atoms with van der Waals surface area (Å²) < 4.78 is 18.0. The zero-order valence-electron chi connectivity index (χ0n) is 10.2. The van der Waals surface area contributed by atoms with Crippen LogP contribution in [-0.4, -0.2) is 23.3 Å². The van der Waals surface area contributed by atoms with Crippen molar-refractivity contribution in [2.24, 2.45) is 0 Å². The van der Waals surface area contributed by atoms with Crippen LogP contribution in [0.4, 0.5) is 4.39 Å². The van der Waals surface area contributed by atoms with E-state index in [1.807, 2.05) is 0 Å². The van der Waals surface area contributed by atoms with Crippen molar-refractivity contribution in [1.29, 1.82) is 0 Å². The second kappa shape index (κ2) is 6.63. The summed E-state index contributed by atoms with van der Waals surface area (Å²) in [5.74, 6) is -2.47. The first-order chi connectivity index (χ1) is 8.92. The number of hydrogen-bond donors (Lipinski definition) is 0. The second-order valence-electron chi connectivity index (χ2n) is 3.35. The third-order valence-corrected chi connectivity index (χ3v) is 2.71. The summed E-state index contributed by atoms with van der Waals surface area (Å²) in [6.07, 6.45) is 1.27. The van der Waals surface area contributed by atoms with Gasteiger partial charge in [0.1, 0.15) is 10.7 Å². The molecule has 0 radical (unpaired) electrons. The lowest BCUT2D eigenvalue weighted by molar-refractivity contribution is -0.138. The van der Waals surface area contributed by atoms with Gasteiger partial charge in [0.2, 0.25) is 5.78 Å². The molecule has 0 aromatic carbocycles. The van der Waals surface area contributed by atoms with Crippen LogP contribution in [0.15, 0.2) is 17.7 Å². The maximum absolute atomic E-state index is 13.3. The van der Waals surface area contributed by atoms with Gasteiger partial charge >= 0.3 is 5.97 Å². The van der Waals surface area contributed by atoms with Crippen LogP contribution in [0.1, 0.15) is 24.2 Å². The first-order valence-electron chi connectivity index (χ1n) is 5.32. The molecular weight excluding hydrogens is 296 g/mol. The predicted molar refractivity (Wildman–Crippen MR) is 68.9 cm³/mol. The van der Waals surface area contributed by atoms with Crippen LogP contribution in [0.5, 0.6) is 0 Å². The number of rotatable bonds is 4. The molecule has 1 rings (SSSR count). The van der Waals surface area contributed by atoms with Crippen LogP contribution >= 0.6 is 23.2 Å². The molecule has 0 aliphatic carbocycles. The van der Waals surface area contributed by atoms with Crippen molar-refractivity contribution in [3.63, 3.8) is 0 Å². The highest BCUT2D eigenvalue weighted by Gasteiger charge is 2.24. The Morgan fingerprint density at radius 1 is 1.42 bits per heavy atom. The number of carbonyl (C=O) groups is 2. The lowest BCUT2D eigenvalue weighted by atomic mass is 10.1. The number of ketones is 1. The molecule has 0 aliphatic heterocycles. The molecule has 0 saturated heterocycles. The van der Waals surface area contributed by atoms with E-state index in [0.717, 1.165) is 6.07 Å². The molecule has 0 aliphatic rings. The molecule has 0 amide bonds. The molecule has 0 unspecified atom stereocenters. The van der Waals surface area contributed by atoms with Crippen molar-refractivity contribution < 1.29 is 18.7 Å². The number of aromatic nitrogens is 1. The van der Waals surface area contributed by atoms with Gasteiger partial charge in [0.15, 0.2) is 11.0 Å². The lowest BCUT2D eigenvalue weighted by Crippen LogP contribution is -2.17. The van der Waals surface area contributed by atoms with Gasteiger partial charge in [-0.25, -0.2) is 14.2 Å². The fourth-order valence-electron chi connectivity index (χ4n) is 1.30. The smallest absolute Gasteiger partial charge is 0.341 e. The van der Waals surface area contributed by atoms with E-state index >= 15 is 0 Å². The van der Waals surface area contributed by atoms with Crippen molar-refractivity contribution in [2.45, 2.75) is 13.8 Å². The van der Waals surface area contributed by atoms with E-state index in [0.29, 0.717) is 0 Å². The summed E-state index contributed by atoms with van der Waals surface area (Å²) in [6, 6.07) is 0.836. The average molecular weight is 306 g/mol. The quantitative estimate of drug-likeness (QED) is 0.214. The van der Waals surface area contributed by atoms with Crippen LogP contribution in [0.2, 0.25) is 10.3 Å². The van der Waals surface area contributed by atoms with Crippen LogP contribution in [0.3, 0.4) is 0 Å². The van der Waals surface area contributed by atoms with E-state index in [2.05, 4.69) is 4.98 Å². The van der Waals surface area contributed by atoms with Crippen molar-refractivity contribution in [1.82, 2.24) is 4.98 Å². The van der Waals surface area contributed by atoms with Crippen molar-refractivity contribution >= 4 is 35.0 Å². The molecule has 0 bridgehead atoms. The molecule has 0 atom stereocenters. The monoisotopic (exact) mass is 305 g/mol. The van der Waals surface area contributed by atoms with E-state index in [9.17, 15) is 14.0 Å². The van der Waals surface area contributed by atoms with Crippen molar-refractivity contribution in [2.75, 3.05) is 6.61 Å². The molecule has 0 saturated carbocycles. The average Bonchev–Trinajstić information content (AvgIpc) is 2.34. The first kappa shape index (κ1) is 15.6. The Balaban J connectivity index is 3.19. The van der Waals surface area contributed by atoms with Crippen LogP contribution < -0.4 is 0 Å². The maximum atomic E-state index is 13.3. The first-order valence-corrected chi connectivity index (χ1v) is 6.07. The summed E-state index contributed by atoms with van der Waals surface area (Å²) in [6.45, 7) is 3.20. The van der Waals surface area contributed by atoms with Gasteiger partial charge < -0.3 is 4.74 Å². The Morgan fingerprint density at radius 3 is 2.58 bits per heavy atom. The maximum Gasteiger partial charge on any atom is 0.341 e. The number of allylic oxidation sites excluding steroid dienone is 1. The third-order valence-electron chi connectivity index (χ3n) is 2.16. The minimum absolute atomic E-state index is 0.115. The SMILES string of the molecule is C/C=C(\C(=O)OCC)C(=O)c1cc(F)c(Cl)nc1Cl. The van der Waals surface area contributed by atoms with E-state index in [-0.39, 0.29) is 22.9 Å². The van der Waals surface area contributed by atoms with Gasteiger partial charge in [0.05, 0.1) is 12.2 Å². The van der Waals surface area contributed by atoms with Gasteiger partial charge in [-0.1, -0.05) is 29.3 Å². The van der Waals surface area contributed by atoms with Crippen LogP contribution in [0.25, 0.3) is 0 Å². The number of esters is 1. The summed E-state index contributed by atoms with van der Waals surface area (Å²) in [4.78, 5) is 27.1. The normalized spacial score (nSPS) is 11.3. The fraction of sp³-hybridized carbons (Fsp3) is 0.250. The molecule has 19 heavy (non-hydrogen) atoms. The number of halogens is 3. The molecular formula is C12H10Cl2FNO3. The van der Waals surface area contributed by atoms with Gasteiger partial charge in [0, 0.05) is 0 Å². The summed E-state index contributed by atoms with van der Waals surface area (Å²) in [5, 5.41) is -0.722. The Labute approximate surface area is 119 Å².